The van der Waals surface area contributed by atoms with Crippen LogP contribution in [0.15, 0.2) is 46.9 Å². The summed E-state index contributed by atoms with van der Waals surface area (Å²) in [6, 6.07) is 14.2. The first-order valence-corrected chi connectivity index (χ1v) is 8.04. The Balaban J connectivity index is 1.92. The zero-order valence-electron chi connectivity index (χ0n) is 13.2. The normalized spacial score (nSPS) is 10.8. The van der Waals surface area contributed by atoms with Crippen molar-refractivity contribution in [1.29, 1.82) is 0 Å². The van der Waals surface area contributed by atoms with Crippen LogP contribution in [0.3, 0.4) is 0 Å². The highest BCUT2D eigenvalue weighted by molar-refractivity contribution is 9.10. The van der Waals surface area contributed by atoms with E-state index in [0.29, 0.717) is 6.54 Å². The summed E-state index contributed by atoms with van der Waals surface area (Å²) in [5.74, 6) is 0.0111. The second-order valence-corrected chi connectivity index (χ2v) is 6.53. The van der Waals surface area contributed by atoms with Crippen LogP contribution in [-0.4, -0.2) is 24.4 Å². The predicted octanol–water partition coefficient (Wildman–Crippen LogP) is 4.14. The molecule has 0 bridgehead atoms. The van der Waals surface area contributed by atoms with Gasteiger partial charge >= 0.3 is 0 Å². The smallest absolute Gasteiger partial charge is 0.238 e. The lowest BCUT2D eigenvalue weighted by atomic mass is 10.1. The van der Waals surface area contributed by atoms with E-state index >= 15 is 0 Å². The van der Waals surface area contributed by atoms with Gasteiger partial charge in [-0.25, -0.2) is 0 Å². The Morgan fingerprint density at radius 1 is 1.09 bits per heavy atom. The lowest BCUT2D eigenvalue weighted by Crippen LogP contribution is -2.30. The molecule has 0 unspecified atom stereocenters. The lowest BCUT2D eigenvalue weighted by Gasteiger charge is -2.18. The minimum atomic E-state index is 0.0111. The Kier molecular flexibility index (Phi) is 5.75. The number of halogens is 1. The molecule has 1 amide bonds. The Hall–Kier alpha value is -1.65. The van der Waals surface area contributed by atoms with Crippen LogP contribution in [0.25, 0.3) is 0 Å². The maximum Gasteiger partial charge on any atom is 0.238 e. The number of carbonyl (C=O) groups excluding carboxylic acids is 1. The average Bonchev–Trinajstić information content (AvgIpc) is 2.45. The van der Waals surface area contributed by atoms with Crippen molar-refractivity contribution in [2.24, 2.45) is 0 Å². The first-order valence-electron chi connectivity index (χ1n) is 7.25. The largest absolute Gasteiger partial charge is 0.324 e. The van der Waals surface area contributed by atoms with Gasteiger partial charge in [0, 0.05) is 16.7 Å². The molecule has 0 radical (unpaired) electrons. The summed E-state index contributed by atoms with van der Waals surface area (Å²) in [4.78, 5) is 14.2. The number of nitrogens with one attached hydrogen (secondary N) is 1. The molecule has 3 nitrogen and oxygen atoms in total. The maximum atomic E-state index is 12.2. The third-order valence-corrected chi connectivity index (χ3v) is 4.05. The highest BCUT2D eigenvalue weighted by Crippen LogP contribution is 2.19. The van der Waals surface area contributed by atoms with Gasteiger partial charge in [-0.05, 0) is 49.7 Å². The highest BCUT2D eigenvalue weighted by atomic mass is 79.9. The van der Waals surface area contributed by atoms with Gasteiger partial charge in [-0.2, -0.15) is 0 Å². The van der Waals surface area contributed by atoms with Gasteiger partial charge in [0.1, 0.15) is 0 Å². The van der Waals surface area contributed by atoms with Gasteiger partial charge in [-0.1, -0.05) is 46.3 Å². The Morgan fingerprint density at radius 3 is 2.27 bits per heavy atom. The molecule has 0 saturated heterocycles. The summed E-state index contributed by atoms with van der Waals surface area (Å²) >= 11 is 3.42. The van der Waals surface area contributed by atoms with Crippen LogP contribution in [0.1, 0.15) is 16.7 Å². The number of hydrogen-bond acceptors (Lipinski definition) is 2. The van der Waals surface area contributed by atoms with Crippen molar-refractivity contribution in [2.75, 3.05) is 18.9 Å². The van der Waals surface area contributed by atoms with Gasteiger partial charge in [-0.3, -0.25) is 9.69 Å². The number of nitrogens with zero attached hydrogens (tertiary/aromatic N) is 1. The fraction of sp³-hybridized carbons (Fsp3) is 0.278. The van der Waals surface area contributed by atoms with E-state index in [9.17, 15) is 4.79 Å². The summed E-state index contributed by atoms with van der Waals surface area (Å²) in [5.41, 5.74) is 4.28. The molecule has 4 heteroatoms. The second-order valence-electron chi connectivity index (χ2n) is 5.61. The topological polar surface area (TPSA) is 32.3 Å². The van der Waals surface area contributed by atoms with Crippen LogP contribution in [-0.2, 0) is 11.3 Å². The Labute approximate surface area is 140 Å². The first kappa shape index (κ1) is 16.7. The molecule has 116 valence electrons. The number of carbonyl (C=O) groups is 1. The number of amides is 1. The van der Waals surface area contributed by atoms with Crippen molar-refractivity contribution in [2.45, 2.75) is 20.4 Å². The van der Waals surface area contributed by atoms with E-state index in [1.54, 1.807) is 0 Å². The van der Waals surface area contributed by atoms with E-state index in [2.05, 4.69) is 33.4 Å². The van der Waals surface area contributed by atoms with Crippen LogP contribution in [0.4, 0.5) is 5.69 Å². The molecule has 0 spiro atoms. The summed E-state index contributed by atoms with van der Waals surface area (Å²) < 4.78 is 1.06. The predicted molar refractivity (Wildman–Crippen MR) is 95.0 cm³/mol. The van der Waals surface area contributed by atoms with Crippen molar-refractivity contribution in [1.82, 2.24) is 4.90 Å². The van der Waals surface area contributed by atoms with Crippen LogP contribution >= 0.6 is 15.9 Å². The van der Waals surface area contributed by atoms with E-state index in [-0.39, 0.29) is 5.91 Å². The van der Waals surface area contributed by atoms with Crippen molar-refractivity contribution in [3.8, 4) is 0 Å². The highest BCUT2D eigenvalue weighted by Gasteiger charge is 2.10. The molecule has 0 heterocycles. The van der Waals surface area contributed by atoms with E-state index in [1.165, 1.54) is 5.56 Å². The van der Waals surface area contributed by atoms with Crippen LogP contribution in [0.5, 0.6) is 0 Å². The molecule has 0 aliphatic rings. The molecule has 0 aromatic heterocycles. The van der Waals surface area contributed by atoms with Gasteiger partial charge in [-0.15, -0.1) is 0 Å². The molecule has 0 aliphatic heterocycles. The first-order chi connectivity index (χ1) is 10.5. The minimum Gasteiger partial charge on any atom is -0.324 e. The lowest BCUT2D eigenvalue weighted by molar-refractivity contribution is -0.117. The third kappa shape index (κ3) is 4.68. The van der Waals surface area contributed by atoms with Crippen molar-refractivity contribution < 1.29 is 4.79 Å². The van der Waals surface area contributed by atoms with Crippen LogP contribution < -0.4 is 5.32 Å². The van der Waals surface area contributed by atoms with E-state index in [1.807, 2.05) is 56.1 Å². The van der Waals surface area contributed by atoms with Gasteiger partial charge in [0.15, 0.2) is 0 Å². The molecule has 0 fully saturated rings. The summed E-state index contributed by atoms with van der Waals surface area (Å²) in [5, 5.41) is 3.02. The molecule has 2 rings (SSSR count). The maximum absolute atomic E-state index is 12.2. The minimum absolute atomic E-state index is 0.0111. The Bertz CT molecular complexity index is 632. The number of aryl methyl sites for hydroxylation is 2. The molecule has 2 aromatic rings. The quantitative estimate of drug-likeness (QED) is 0.868. The molecule has 0 aliphatic carbocycles. The van der Waals surface area contributed by atoms with Crippen molar-refractivity contribution in [3.05, 3.63) is 63.6 Å². The summed E-state index contributed by atoms with van der Waals surface area (Å²) in [6.45, 7) is 5.12. The van der Waals surface area contributed by atoms with Crippen molar-refractivity contribution in [3.63, 3.8) is 0 Å². The third-order valence-electron chi connectivity index (χ3n) is 3.52. The van der Waals surface area contributed by atoms with Crippen molar-refractivity contribution >= 4 is 27.5 Å². The summed E-state index contributed by atoms with van der Waals surface area (Å²) in [6.07, 6.45) is 0. The fourth-order valence-corrected chi connectivity index (χ4v) is 2.66. The Morgan fingerprint density at radius 2 is 1.68 bits per heavy atom. The number of para-hydroxylation sites is 1. The number of hydrogen-bond donors (Lipinski definition) is 1. The van der Waals surface area contributed by atoms with Crippen LogP contribution in [0, 0.1) is 13.8 Å². The molecule has 1 N–H and O–H groups in total. The van der Waals surface area contributed by atoms with E-state index in [0.717, 1.165) is 27.8 Å². The van der Waals surface area contributed by atoms with Gasteiger partial charge in [0.2, 0.25) is 5.91 Å². The van der Waals surface area contributed by atoms with E-state index in [4.69, 9.17) is 0 Å². The molecule has 22 heavy (non-hydrogen) atoms. The molecule has 0 atom stereocenters. The number of anilines is 1. The average molecular weight is 361 g/mol. The fourth-order valence-electron chi connectivity index (χ4n) is 2.39. The number of likely N-dealkylation sites (N-methyl/N-ethyl adjacent to an activating group) is 1. The SMILES string of the molecule is Cc1cccc(C)c1NC(=O)CN(C)Cc1ccc(Br)cc1. The summed E-state index contributed by atoms with van der Waals surface area (Å²) in [7, 11) is 1.95. The standard InChI is InChI=1S/C18H21BrN2O/c1-13-5-4-6-14(2)18(13)20-17(22)12-21(3)11-15-7-9-16(19)10-8-15/h4-10H,11-12H2,1-3H3,(H,20,22). The van der Waals surface area contributed by atoms with Gasteiger partial charge in [0.25, 0.3) is 0 Å². The van der Waals surface area contributed by atoms with E-state index < -0.39 is 0 Å². The zero-order valence-corrected chi connectivity index (χ0v) is 14.8. The molecule has 2 aromatic carbocycles. The monoisotopic (exact) mass is 360 g/mol. The van der Waals surface area contributed by atoms with Gasteiger partial charge in [0.05, 0.1) is 6.54 Å². The second kappa shape index (κ2) is 7.56. The number of benzene rings is 2. The number of rotatable bonds is 5. The molecular formula is C18H21BrN2O. The van der Waals surface area contributed by atoms with Crippen LogP contribution in [0.2, 0.25) is 0 Å². The molecule has 0 saturated carbocycles. The molecular weight excluding hydrogens is 340 g/mol. The zero-order chi connectivity index (χ0) is 16.1. The van der Waals surface area contributed by atoms with Gasteiger partial charge < -0.3 is 5.32 Å².